The van der Waals surface area contributed by atoms with E-state index in [1.165, 1.54) is 4.68 Å². The molecule has 2 N–H and O–H groups in total. The second-order valence-electron chi connectivity index (χ2n) is 5.62. The number of hydrogen-bond donors (Lipinski definition) is 1. The minimum atomic E-state index is -3.17. The topological polar surface area (TPSA) is 99.6 Å². The van der Waals surface area contributed by atoms with E-state index in [0.29, 0.717) is 20.6 Å². The van der Waals surface area contributed by atoms with Gasteiger partial charge in [-0.15, -0.1) is 0 Å². The number of fused-ring (bicyclic) bond motifs is 1. The zero-order chi connectivity index (χ0) is 18.4. The maximum atomic E-state index is 13.6. The molecule has 3 aromatic rings. The molecule has 10 heteroatoms. The molecule has 0 aliphatic rings. The summed E-state index contributed by atoms with van der Waals surface area (Å²) < 4.78 is 29.3. The minimum absolute atomic E-state index is 0.0290. The molecule has 1 amide bonds. The number of halogens is 3. The van der Waals surface area contributed by atoms with E-state index in [2.05, 4.69) is 20.1 Å². The van der Waals surface area contributed by atoms with Gasteiger partial charge in [0.2, 0.25) is 11.7 Å². The van der Waals surface area contributed by atoms with Crippen LogP contribution in [0.2, 0.25) is 0 Å². The van der Waals surface area contributed by atoms with Gasteiger partial charge in [0.25, 0.3) is 0 Å². The van der Waals surface area contributed by atoms with Gasteiger partial charge < -0.3 is 5.73 Å². The lowest BCUT2D eigenvalue weighted by atomic mass is 10.2. The van der Waals surface area contributed by atoms with Crippen molar-refractivity contribution in [2.45, 2.75) is 26.2 Å². The highest BCUT2D eigenvalue weighted by atomic mass is 127. The third-order valence-electron chi connectivity index (χ3n) is 3.38. The van der Waals surface area contributed by atoms with Crippen LogP contribution in [0, 0.1) is 10.6 Å². The molecular formula is C15H13F2IN6O. The van der Waals surface area contributed by atoms with Crippen molar-refractivity contribution in [3.8, 4) is 5.82 Å². The molecule has 0 aliphatic carbocycles. The van der Waals surface area contributed by atoms with Crippen LogP contribution in [0.1, 0.15) is 24.1 Å². The first-order valence-corrected chi connectivity index (χ1v) is 8.29. The Labute approximate surface area is 154 Å². The molecule has 3 aromatic heterocycles. The van der Waals surface area contributed by atoms with E-state index in [9.17, 15) is 13.6 Å². The number of hydrogen-bond acceptors (Lipinski definition) is 5. The number of amides is 1. The minimum Gasteiger partial charge on any atom is -0.369 e. The lowest BCUT2D eigenvalue weighted by Crippen LogP contribution is -2.16. The Morgan fingerprint density at radius 3 is 2.72 bits per heavy atom. The fourth-order valence-electron chi connectivity index (χ4n) is 2.32. The second-order valence-corrected chi connectivity index (χ2v) is 6.64. The molecule has 0 radical (unpaired) electrons. The summed E-state index contributed by atoms with van der Waals surface area (Å²) in [5.41, 5.74) is 6.66. The van der Waals surface area contributed by atoms with Crippen molar-refractivity contribution in [1.82, 2.24) is 24.7 Å². The summed E-state index contributed by atoms with van der Waals surface area (Å²) in [6.07, 6.45) is 1.54. The number of primary amides is 1. The molecule has 0 bridgehead atoms. The summed E-state index contributed by atoms with van der Waals surface area (Å²) in [6.45, 7) is 2.35. The number of carbonyl (C=O) groups excluding carboxylic acids is 1. The Morgan fingerprint density at radius 1 is 1.36 bits per heavy atom. The van der Waals surface area contributed by atoms with Crippen molar-refractivity contribution in [2.24, 2.45) is 5.73 Å². The van der Waals surface area contributed by atoms with Crippen molar-refractivity contribution < 1.29 is 13.6 Å². The predicted octanol–water partition coefficient (Wildman–Crippen LogP) is 2.26. The van der Waals surface area contributed by atoms with Gasteiger partial charge in [0.15, 0.2) is 5.82 Å². The number of pyridine rings is 1. The van der Waals surface area contributed by atoms with Crippen LogP contribution in [-0.2, 0) is 17.1 Å². The lowest BCUT2D eigenvalue weighted by Gasteiger charge is -2.11. The van der Waals surface area contributed by atoms with Crippen LogP contribution < -0.4 is 5.73 Å². The Bertz CT molecular complexity index is 982. The van der Waals surface area contributed by atoms with Crippen molar-refractivity contribution in [1.29, 1.82) is 0 Å². The maximum Gasteiger partial charge on any atom is 0.303 e. The third-order valence-corrected chi connectivity index (χ3v) is 4.18. The van der Waals surface area contributed by atoms with E-state index >= 15 is 0 Å². The van der Waals surface area contributed by atoms with E-state index in [4.69, 9.17) is 5.73 Å². The van der Waals surface area contributed by atoms with Gasteiger partial charge in [0.05, 0.1) is 23.0 Å². The van der Waals surface area contributed by atoms with Gasteiger partial charge in [-0.3, -0.25) is 9.78 Å². The highest BCUT2D eigenvalue weighted by molar-refractivity contribution is 14.1. The summed E-state index contributed by atoms with van der Waals surface area (Å²) >= 11 is 2.02. The average molecular weight is 458 g/mol. The summed E-state index contributed by atoms with van der Waals surface area (Å²) in [6, 6.07) is 3.21. The van der Waals surface area contributed by atoms with E-state index < -0.39 is 17.7 Å². The molecule has 0 saturated heterocycles. The summed E-state index contributed by atoms with van der Waals surface area (Å²) in [4.78, 5) is 23.0. The largest absolute Gasteiger partial charge is 0.369 e. The van der Waals surface area contributed by atoms with Gasteiger partial charge in [0.1, 0.15) is 3.70 Å². The third kappa shape index (κ3) is 3.57. The standard InChI is InChI=1S/C15H13F2IN6O/c1-7-3-12(22-14(21-7)15(2,16)17)24-10-4-8(5-11(19)25)20-6-9(10)13(18)23-24/h3-4,6H,5H2,1-2H3,(H2,19,25). The second kappa shape index (κ2) is 6.24. The van der Waals surface area contributed by atoms with E-state index in [0.717, 1.165) is 12.3 Å². The number of aromatic nitrogens is 5. The summed E-state index contributed by atoms with van der Waals surface area (Å²) in [5.74, 6) is -4.05. The molecule has 0 aromatic carbocycles. The van der Waals surface area contributed by atoms with E-state index in [1.807, 2.05) is 22.6 Å². The Kier molecular flexibility index (Phi) is 4.39. The van der Waals surface area contributed by atoms with Crippen LogP contribution in [-0.4, -0.2) is 30.6 Å². The van der Waals surface area contributed by atoms with Crippen molar-refractivity contribution in [2.75, 3.05) is 0 Å². The molecule has 3 heterocycles. The fourth-order valence-corrected chi connectivity index (χ4v) is 2.95. The Balaban J connectivity index is 2.21. The smallest absolute Gasteiger partial charge is 0.303 e. The fraction of sp³-hybridized carbons (Fsp3) is 0.267. The molecular weight excluding hydrogens is 445 g/mol. The molecule has 3 rings (SSSR count). The molecule has 0 aliphatic heterocycles. The monoisotopic (exact) mass is 458 g/mol. The van der Waals surface area contributed by atoms with Crippen LogP contribution in [0.15, 0.2) is 18.3 Å². The number of nitrogens with zero attached hydrogens (tertiary/aromatic N) is 5. The number of rotatable bonds is 4. The molecule has 0 fully saturated rings. The molecule has 0 unspecified atom stereocenters. The molecule has 0 spiro atoms. The number of alkyl halides is 2. The molecule has 25 heavy (non-hydrogen) atoms. The van der Waals surface area contributed by atoms with Gasteiger partial charge in [-0.2, -0.15) is 13.9 Å². The van der Waals surface area contributed by atoms with Crippen LogP contribution in [0.3, 0.4) is 0 Å². The van der Waals surface area contributed by atoms with E-state index in [-0.39, 0.29) is 12.2 Å². The molecule has 0 saturated carbocycles. The van der Waals surface area contributed by atoms with Gasteiger partial charge in [-0.25, -0.2) is 14.6 Å². The maximum absolute atomic E-state index is 13.6. The van der Waals surface area contributed by atoms with Crippen LogP contribution in [0.5, 0.6) is 0 Å². The first kappa shape index (κ1) is 17.6. The first-order chi connectivity index (χ1) is 11.6. The van der Waals surface area contributed by atoms with Crippen LogP contribution in [0.4, 0.5) is 8.78 Å². The van der Waals surface area contributed by atoms with Gasteiger partial charge in [0, 0.05) is 24.9 Å². The molecule has 0 atom stereocenters. The number of aryl methyl sites for hydroxylation is 1. The number of nitrogens with two attached hydrogens (primary N) is 1. The van der Waals surface area contributed by atoms with Crippen molar-refractivity contribution in [3.63, 3.8) is 0 Å². The highest BCUT2D eigenvalue weighted by Gasteiger charge is 2.29. The summed E-state index contributed by atoms with van der Waals surface area (Å²) in [5, 5.41) is 5.07. The highest BCUT2D eigenvalue weighted by Crippen LogP contribution is 2.27. The van der Waals surface area contributed by atoms with E-state index in [1.54, 1.807) is 25.3 Å². The zero-order valence-corrected chi connectivity index (χ0v) is 15.5. The molecule has 130 valence electrons. The molecule has 7 nitrogen and oxygen atoms in total. The van der Waals surface area contributed by atoms with Crippen LogP contribution in [0.25, 0.3) is 16.7 Å². The normalized spacial score (nSPS) is 11.9. The first-order valence-electron chi connectivity index (χ1n) is 7.21. The van der Waals surface area contributed by atoms with Gasteiger partial charge in [-0.1, -0.05) is 0 Å². The lowest BCUT2D eigenvalue weighted by molar-refractivity contribution is -0.117. The average Bonchev–Trinajstić information content (AvgIpc) is 2.82. The predicted molar refractivity (Wildman–Crippen MR) is 94.4 cm³/mol. The van der Waals surface area contributed by atoms with Crippen LogP contribution >= 0.6 is 22.6 Å². The Hall–Kier alpha value is -2.24. The van der Waals surface area contributed by atoms with Gasteiger partial charge >= 0.3 is 5.92 Å². The SMILES string of the molecule is Cc1cc(-n2nc(I)c3cnc(CC(N)=O)cc32)nc(C(C)(F)F)n1. The Morgan fingerprint density at radius 2 is 2.08 bits per heavy atom. The number of carbonyl (C=O) groups is 1. The quantitative estimate of drug-likeness (QED) is 0.605. The van der Waals surface area contributed by atoms with Crippen molar-refractivity contribution in [3.05, 3.63) is 39.2 Å². The van der Waals surface area contributed by atoms with Crippen molar-refractivity contribution >= 4 is 39.4 Å². The zero-order valence-electron chi connectivity index (χ0n) is 13.3. The summed E-state index contributed by atoms with van der Waals surface area (Å²) in [7, 11) is 0. The van der Waals surface area contributed by atoms with Gasteiger partial charge in [-0.05, 0) is 35.6 Å².